The molecule has 0 aliphatic heterocycles. The van der Waals surface area contributed by atoms with E-state index in [0.717, 1.165) is 24.0 Å². The van der Waals surface area contributed by atoms with Crippen LogP contribution in [-0.4, -0.2) is 11.2 Å². The van der Waals surface area contributed by atoms with Crippen LogP contribution in [0.5, 0.6) is 0 Å². The van der Waals surface area contributed by atoms with Crippen LogP contribution in [0.2, 0.25) is 0 Å². The van der Waals surface area contributed by atoms with Gasteiger partial charge in [0, 0.05) is 23.6 Å². The maximum absolute atomic E-state index is 10.4. The van der Waals surface area contributed by atoms with Gasteiger partial charge in [-0.2, -0.15) is 0 Å². The molecule has 0 heterocycles. The summed E-state index contributed by atoms with van der Waals surface area (Å²) in [4.78, 5) is 11.4. The van der Waals surface area contributed by atoms with Crippen LogP contribution in [0.3, 0.4) is 0 Å². The fraction of sp³-hybridized carbons (Fsp3) is 0.333. The van der Waals surface area contributed by atoms with Gasteiger partial charge >= 0.3 is 0 Å². The van der Waals surface area contributed by atoms with Gasteiger partial charge in [0.1, 0.15) is 6.29 Å². The molecule has 0 radical (unpaired) electrons. The molecule has 0 aromatic heterocycles. The molecule has 0 saturated carbocycles. The van der Waals surface area contributed by atoms with E-state index in [0.29, 0.717) is 12.3 Å². The Bertz CT molecular complexity index is 361. The topological polar surface area (TPSA) is 17.1 Å². The molecule has 1 nitrogen and oxygen atoms in total. The van der Waals surface area contributed by atoms with Crippen molar-refractivity contribution in [3.8, 4) is 0 Å². The van der Waals surface area contributed by atoms with Crippen molar-refractivity contribution in [2.24, 2.45) is 5.92 Å². The van der Waals surface area contributed by atoms with E-state index in [1.807, 2.05) is 6.08 Å². The maximum Gasteiger partial charge on any atom is 0.124 e. The summed E-state index contributed by atoms with van der Waals surface area (Å²) >= 11 is 5.15. The first kappa shape index (κ1) is 9.53. The Morgan fingerprint density at radius 2 is 2.36 bits per heavy atom. The monoisotopic (exact) mass is 204 g/mol. The molecule has 2 aliphatic carbocycles. The smallest absolute Gasteiger partial charge is 0.124 e. The third-order valence-corrected chi connectivity index (χ3v) is 3.01. The number of carbonyl (C=O) groups excluding carboxylic acids is 1. The van der Waals surface area contributed by atoms with Gasteiger partial charge in [0.05, 0.1) is 0 Å². The lowest BCUT2D eigenvalue weighted by Crippen LogP contribution is -2.13. The minimum atomic E-state index is 0.488. The van der Waals surface area contributed by atoms with E-state index in [-0.39, 0.29) is 0 Å². The summed E-state index contributed by atoms with van der Waals surface area (Å²) in [5, 5.41) is 0. The largest absolute Gasteiger partial charge is 0.303 e. The van der Waals surface area contributed by atoms with Gasteiger partial charge in [-0.15, -0.1) is 0 Å². The van der Waals surface area contributed by atoms with Crippen molar-refractivity contribution in [1.29, 1.82) is 0 Å². The molecule has 0 aromatic rings. The Balaban J connectivity index is 2.19. The molecule has 0 fully saturated rings. The van der Waals surface area contributed by atoms with Gasteiger partial charge in [0.25, 0.3) is 0 Å². The third kappa shape index (κ3) is 1.90. The predicted octanol–water partition coefficient (Wildman–Crippen LogP) is 2.78. The van der Waals surface area contributed by atoms with Crippen LogP contribution in [0.25, 0.3) is 0 Å². The predicted molar refractivity (Wildman–Crippen MR) is 61.3 cm³/mol. The van der Waals surface area contributed by atoms with Crippen molar-refractivity contribution >= 4 is 23.4 Å². The van der Waals surface area contributed by atoms with Crippen molar-refractivity contribution in [1.82, 2.24) is 0 Å². The van der Waals surface area contributed by atoms with E-state index in [1.165, 1.54) is 11.1 Å². The molecule has 72 valence electrons. The highest BCUT2D eigenvalue weighted by molar-refractivity contribution is 7.80. The van der Waals surface area contributed by atoms with E-state index < -0.39 is 0 Å². The van der Waals surface area contributed by atoms with Crippen molar-refractivity contribution < 1.29 is 4.79 Å². The fourth-order valence-corrected chi connectivity index (χ4v) is 2.20. The van der Waals surface area contributed by atoms with Crippen molar-refractivity contribution in [3.05, 3.63) is 35.5 Å². The molecule has 0 bridgehead atoms. The minimum absolute atomic E-state index is 0.488. The number of hydrogen-bond acceptors (Lipinski definition) is 2. The van der Waals surface area contributed by atoms with Crippen LogP contribution < -0.4 is 0 Å². The van der Waals surface area contributed by atoms with E-state index >= 15 is 0 Å². The summed E-state index contributed by atoms with van der Waals surface area (Å²) in [7, 11) is 0. The van der Waals surface area contributed by atoms with Gasteiger partial charge in [-0.05, 0) is 6.42 Å². The number of aldehydes is 1. The van der Waals surface area contributed by atoms with Crippen molar-refractivity contribution in [2.75, 3.05) is 0 Å². The van der Waals surface area contributed by atoms with E-state index in [1.54, 1.807) is 0 Å². The molecular weight excluding hydrogens is 192 g/mol. The van der Waals surface area contributed by atoms with Crippen LogP contribution in [0.15, 0.2) is 35.5 Å². The quantitative estimate of drug-likeness (QED) is 0.508. The van der Waals surface area contributed by atoms with Crippen molar-refractivity contribution in [3.63, 3.8) is 0 Å². The Labute approximate surface area is 89.2 Å². The summed E-state index contributed by atoms with van der Waals surface area (Å²) in [6.45, 7) is 0. The number of carbonyl (C=O) groups is 1. The van der Waals surface area contributed by atoms with Gasteiger partial charge < -0.3 is 4.79 Å². The molecule has 1 unspecified atom stereocenters. The third-order valence-electron chi connectivity index (χ3n) is 2.73. The molecule has 14 heavy (non-hydrogen) atoms. The number of fused-ring (bicyclic) bond motifs is 1. The minimum Gasteiger partial charge on any atom is -0.303 e. The molecule has 2 aliphatic rings. The SMILES string of the molecule is O=CCC1=CC=C2CC(=S)C=CC2C1. The molecule has 0 saturated heterocycles. The lowest BCUT2D eigenvalue weighted by Gasteiger charge is -2.24. The second-order valence-corrected chi connectivity index (χ2v) is 4.27. The second-order valence-electron chi connectivity index (χ2n) is 3.75. The van der Waals surface area contributed by atoms with Crippen LogP contribution in [0.1, 0.15) is 19.3 Å². The van der Waals surface area contributed by atoms with Gasteiger partial charge in [-0.1, -0.05) is 47.7 Å². The summed E-state index contributed by atoms with van der Waals surface area (Å²) in [5.41, 5.74) is 2.62. The van der Waals surface area contributed by atoms with Gasteiger partial charge in [-0.3, -0.25) is 0 Å². The van der Waals surface area contributed by atoms with Crippen LogP contribution in [-0.2, 0) is 4.79 Å². The first-order valence-electron chi connectivity index (χ1n) is 4.83. The fourth-order valence-electron chi connectivity index (χ4n) is 1.95. The normalized spacial score (nSPS) is 25.1. The Hall–Kier alpha value is -1.02. The molecule has 2 rings (SSSR count). The summed E-state index contributed by atoms with van der Waals surface area (Å²) in [6, 6.07) is 0. The standard InChI is InChI=1S/C12H12OS/c13-6-5-9-1-2-11-8-12(14)4-3-10(11)7-9/h1-4,6,10H,5,7-8H2. The zero-order valence-corrected chi connectivity index (χ0v) is 8.72. The van der Waals surface area contributed by atoms with Crippen LogP contribution >= 0.6 is 12.2 Å². The Morgan fingerprint density at radius 3 is 3.14 bits per heavy atom. The van der Waals surface area contributed by atoms with Crippen LogP contribution in [0, 0.1) is 5.92 Å². The van der Waals surface area contributed by atoms with E-state index in [4.69, 9.17) is 12.2 Å². The number of allylic oxidation sites excluding steroid dienone is 6. The maximum atomic E-state index is 10.4. The Morgan fingerprint density at radius 1 is 1.50 bits per heavy atom. The van der Waals surface area contributed by atoms with E-state index in [9.17, 15) is 4.79 Å². The lowest BCUT2D eigenvalue weighted by atomic mass is 9.81. The second kappa shape index (κ2) is 4.01. The average Bonchev–Trinajstić information content (AvgIpc) is 2.19. The molecular formula is C12H12OS. The Kier molecular flexibility index (Phi) is 2.73. The van der Waals surface area contributed by atoms with Gasteiger partial charge in [0.15, 0.2) is 0 Å². The van der Waals surface area contributed by atoms with Crippen molar-refractivity contribution in [2.45, 2.75) is 19.3 Å². The van der Waals surface area contributed by atoms with Crippen LogP contribution in [0.4, 0.5) is 0 Å². The molecule has 1 atom stereocenters. The highest BCUT2D eigenvalue weighted by atomic mass is 32.1. The zero-order valence-electron chi connectivity index (χ0n) is 7.90. The number of rotatable bonds is 2. The van der Waals surface area contributed by atoms with E-state index in [2.05, 4.69) is 18.2 Å². The number of hydrogen-bond donors (Lipinski definition) is 0. The molecule has 0 aromatic carbocycles. The summed E-state index contributed by atoms with van der Waals surface area (Å²) in [6.07, 6.45) is 11.8. The summed E-state index contributed by atoms with van der Waals surface area (Å²) < 4.78 is 0. The molecule has 2 heteroatoms. The lowest BCUT2D eigenvalue weighted by molar-refractivity contribution is -0.107. The summed E-state index contributed by atoms with van der Waals surface area (Å²) in [5.74, 6) is 0.488. The zero-order chi connectivity index (χ0) is 9.97. The first-order valence-corrected chi connectivity index (χ1v) is 5.23. The molecule has 0 spiro atoms. The van der Waals surface area contributed by atoms with Gasteiger partial charge in [0.2, 0.25) is 0 Å². The highest BCUT2D eigenvalue weighted by Gasteiger charge is 2.20. The number of thiocarbonyl (C=S) groups is 1. The molecule has 0 N–H and O–H groups in total. The highest BCUT2D eigenvalue weighted by Crippen LogP contribution is 2.32. The molecule has 0 amide bonds. The average molecular weight is 204 g/mol. The first-order chi connectivity index (χ1) is 6.79. The van der Waals surface area contributed by atoms with Gasteiger partial charge in [-0.25, -0.2) is 0 Å².